The van der Waals surface area contributed by atoms with Gasteiger partial charge in [-0.25, -0.2) is 0 Å². The van der Waals surface area contributed by atoms with Crippen molar-refractivity contribution in [1.82, 2.24) is 20.1 Å². The molecular formula is C24H36N4O2. The lowest BCUT2D eigenvalue weighted by Crippen LogP contribution is -2.59. The Morgan fingerprint density at radius 2 is 1.93 bits per heavy atom. The summed E-state index contributed by atoms with van der Waals surface area (Å²) in [5.74, 6) is 0.231. The SMILES string of the molecule is O=C(NC1(CN2CCCC2)CCCCC1)C1CCC(=O)N(CCc2ccccn2)C1. The maximum Gasteiger partial charge on any atom is 0.225 e. The highest BCUT2D eigenvalue weighted by atomic mass is 16.2. The Kier molecular flexibility index (Phi) is 7.03. The third-order valence-electron chi connectivity index (χ3n) is 7.16. The van der Waals surface area contributed by atoms with Crippen LogP contribution in [0.15, 0.2) is 24.4 Å². The number of hydrogen-bond acceptors (Lipinski definition) is 4. The molecule has 1 saturated carbocycles. The van der Waals surface area contributed by atoms with Crippen LogP contribution in [0.2, 0.25) is 0 Å². The Balaban J connectivity index is 1.35. The fourth-order valence-corrected chi connectivity index (χ4v) is 5.42. The molecule has 6 heteroatoms. The second-order valence-electron chi connectivity index (χ2n) is 9.46. The number of nitrogens with one attached hydrogen (secondary N) is 1. The summed E-state index contributed by atoms with van der Waals surface area (Å²) < 4.78 is 0. The third-order valence-corrected chi connectivity index (χ3v) is 7.16. The van der Waals surface area contributed by atoms with E-state index in [-0.39, 0.29) is 23.3 Å². The molecule has 2 aliphatic heterocycles. The lowest BCUT2D eigenvalue weighted by molar-refractivity contribution is -0.139. The molecule has 2 saturated heterocycles. The number of aromatic nitrogens is 1. The fourth-order valence-electron chi connectivity index (χ4n) is 5.42. The summed E-state index contributed by atoms with van der Waals surface area (Å²) in [6.07, 6.45) is 12.1. The molecule has 3 heterocycles. The van der Waals surface area contributed by atoms with Crippen LogP contribution in [0, 0.1) is 5.92 Å². The molecule has 1 aliphatic carbocycles. The number of piperidine rings is 1. The minimum atomic E-state index is -0.0937. The topological polar surface area (TPSA) is 65.5 Å². The van der Waals surface area contributed by atoms with E-state index in [2.05, 4.69) is 15.2 Å². The van der Waals surface area contributed by atoms with E-state index in [0.29, 0.717) is 25.9 Å². The molecule has 1 unspecified atom stereocenters. The first-order valence-corrected chi connectivity index (χ1v) is 11.9. The van der Waals surface area contributed by atoms with Gasteiger partial charge >= 0.3 is 0 Å². The van der Waals surface area contributed by atoms with Crippen LogP contribution >= 0.6 is 0 Å². The highest BCUT2D eigenvalue weighted by molar-refractivity contribution is 5.84. The van der Waals surface area contributed by atoms with Crippen LogP contribution in [0.4, 0.5) is 0 Å². The zero-order chi connectivity index (χ0) is 20.8. The Morgan fingerprint density at radius 1 is 1.13 bits per heavy atom. The summed E-state index contributed by atoms with van der Waals surface area (Å²) in [7, 11) is 0. The van der Waals surface area contributed by atoms with Gasteiger partial charge in [0.25, 0.3) is 0 Å². The number of likely N-dealkylation sites (tertiary alicyclic amines) is 2. The number of amides is 2. The second-order valence-corrected chi connectivity index (χ2v) is 9.46. The molecule has 3 aliphatic rings. The van der Waals surface area contributed by atoms with Gasteiger partial charge in [0.05, 0.1) is 11.5 Å². The number of carbonyl (C=O) groups is 2. The molecule has 30 heavy (non-hydrogen) atoms. The van der Waals surface area contributed by atoms with Crippen LogP contribution in [0.5, 0.6) is 0 Å². The van der Waals surface area contributed by atoms with Gasteiger partial charge in [-0.1, -0.05) is 25.3 Å². The monoisotopic (exact) mass is 412 g/mol. The van der Waals surface area contributed by atoms with Crippen LogP contribution in [-0.4, -0.2) is 64.9 Å². The van der Waals surface area contributed by atoms with Crippen molar-refractivity contribution in [3.63, 3.8) is 0 Å². The lowest BCUT2D eigenvalue weighted by Gasteiger charge is -2.42. The molecule has 1 aromatic rings. The van der Waals surface area contributed by atoms with Crippen LogP contribution in [0.3, 0.4) is 0 Å². The largest absolute Gasteiger partial charge is 0.349 e. The van der Waals surface area contributed by atoms with Crippen molar-refractivity contribution < 1.29 is 9.59 Å². The minimum Gasteiger partial charge on any atom is -0.349 e. The summed E-state index contributed by atoms with van der Waals surface area (Å²) in [4.78, 5) is 34.5. The summed E-state index contributed by atoms with van der Waals surface area (Å²) in [5.41, 5.74) is 0.920. The fraction of sp³-hybridized carbons (Fsp3) is 0.708. The van der Waals surface area contributed by atoms with E-state index in [1.54, 1.807) is 6.20 Å². The Labute approximate surface area is 180 Å². The van der Waals surface area contributed by atoms with Gasteiger partial charge in [-0.05, 0) is 57.3 Å². The smallest absolute Gasteiger partial charge is 0.225 e. The molecule has 3 fully saturated rings. The van der Waals surface area contributed by atoms with E-state index in [1.807, 2.05) is 23.1 Å². The van der Waals surface area contributed by atoms with Crippen molar-refractivity contribution in [2.24, 2.45) is 5.92 Å². The van der Waals surface area contributed by atoms with Crippen molar-refractivity contribution >= 4 is 11.8 Å². The van der Waals surface area contributed by atoms with E-state index in [1.165, 1.54) is 32.1 Å². The number of pyridine rings is 1. The highest BCUT2D eigenvalue weighted by Crippen LogP contribution is 2.31. The Morgan fingerprint density at radius 3 is 2.67 bits per heavy atom. The van der Waals surface area contributed by atoms with Gasteiger partial charge in [0.15, 0.2) is 0 Å². The number of rotatable bonds is 7. The number of nitrogens with zero attached hydrogens (tertiary/aromatic N) is 3. The molecule has 1 atom stereocenters. The van der Waals surface area contributed by atoms with E-state index >= 15 is 0 Å². The minimum absolute atomic E-state index is 0.0695. The normalized spacial score (nSPS) is 24.7. The summed E-state index contributed by atoms with van der Waals surface area (Å²) in [5, 5.41) is 3.51. The van der Waals surface area contributed by atoms with Crippen LogP contribution in [0.25, 0.3) is 0 Å². The summed E-state index contributed by atoms with van der Waals surface area (Å²) >= 11 is 0. The molecule has 4 rings (SSSR count). The van der Waals surface area contributed by atoms with Crippen LogP contribution < -0.4 is 5.32 Å². The maximum absolute atomic E-state index is 13.3. The van der Waals surface area contributed by atoms with Crippen molar-refractivity contribution in [1.29, 1.82) is 0 Å². The zero-order valence-corrected chi connectivity index (χ0v) is 18.2. The second kappa shape index (κ2) is 9.90. The Hall–Kier alpha value is -1.95. The van der Waals surface area contributed by atoms with Gasteiger partial charge in [-0.3, -0.25) is 14.6 Å². The Bertz CT molecular complexity index is 711. The molecule has 6 nitrogen and oxygen atoms in total. The average Bonchev–Trinajstić information content (AvgIpc) is 3.27. The standard InChI is InChI=1S/C24H36N4O2/c29-22-10-9-20(18-28(22)17-11-21-8-2-5-14-25-21)23(30)26-24(12-3-1-4-13-24)19-27-15-6-7-16-27/h2,5,8,14,20H,1,3-4,6-7,9-13,15-19H2,(H,26,30). The van der Waals surface area contributed by atoms with E-state index in [9.17, 15) is 9.59 Å². The molecule has 0 bridgehead atoms. The molecule has 0 radical (unpaired) electrons. The summed E-state index contributed by atoms with van der Waals surface area (Å²) in [6, 6.07) is 5.86. The number of carbonyl (C=O) groups excluding carboxylic acids is 2. The van der Waals surface area contributed by atoms with Crippen molar-refractivity contribution in [2.75, 3.05) is 32.7 Å². The van der Waals surface area contributed by atoms with Gasteiger partial charge in [-0.15, -0.1) is 0 Å². The zero-order valence-electron chi connectivity index (χ0n) is 18.2. The van der Waals surface area contributed by atoms with Crippen molar-refractivity contribution in [3.8, 4) is 0 Å². The molecular weight excluding hydrogens is 376 g/mol. The van der Waals surface area contributed by atoms with E-state index in [0.717, 1.165) is 44.6 Å². The highest BCUT2D eigenvalue weighted by Gasteiger charge is 2.39. The van der Waals surface area contributed by atoms with E-state index in [4.69, 9.17) is 0 Å². The molecule has 1 N–H and O–H groups in total. The molecule has 0 spiro atoms. The van der Waals surface area contributed by atoms with Crippen molar-refractivity contribution in [3.05, 3.63) is 30.1 Å². The number of hydrogen-bond donors (Lipinski definition) is 1. The molecule has 1 aromatic heterocycles. The van der Waals surface area contributed by atoms with Gasteiger partial charge in [-0.2, -0.15) is 0 Å². The first-order valence-electron chi connectivity index (χ1n) is 11.9. The predicted octanol–water partition coefficient (Wildman–Crippen LogP) is 2.78. The molecule has 2 amide bonds. The molecule has 164 valence electrons. The first kappa shape index (κ1) is 21.3. The van der Waals surface area contributed by atoms with Gasteiger partial charge in [0, 0.05) is 44.4 Å². The average molecular weight is 413 g/mol. The predicted molar refractivity (Wildman–Crippen MR) is 117 cm³/mol. The van der Waals surface area contributed by atoms with Gasteiger partial charge in [0.1, 0.15) is 0 Å². The molecule has 0 aromatic carbocycles. The lowest BCUT2D eigenvalue weighted by atomic mass is 9.80. The van der Waals surface area contributed by atoms with E-state index < -0.39 is 0 Å². The van der Waals surface area contributed by atoms with Gasteiger partial charge in [0.2, 0.25) is 11.8 Å². The maximum atomic E-state index is 13.3. The van der Waals surface area contributed by atoms with Crippen LogP contribution in [-0.2, 0) is 16.0 Å². The van der Waals surface area contributed by atoms with Crippen molar-refractivity contribution in [2.45, 2.75) is 69.7 Å². The van der Waals surface area contributed by atoms with Gasteiger partial charge < -0.3 is 15.1 Å². The third kappa shape index (κ3) is 5.39. The first-order chi connectivity index (χ1) is 14.6. The summed E-state index contributed by atoms with van der Waals surface area (Å²) in [6.45, 7) is 4.50. The van der Waals surface area contributed by atoms with Crippen LogP contribution in [0.1, 0.15) is 63.5 Å². The quantitative estimate of drug-likeness (QED) is 0.748.